The fourth-order valence-electron chi connectivity index (χ4n) is 4.98. The molecule has 10 heteroatoms. The molecule has 0 atom stereocenters. The Morgan fingerprint density at radius 1 is 1.09 bits per heavy atom. The molecule has 2 heterocycles. The summed E-state index contributed by atoms with van der Waals surface area (Å²) in [6.07, 6.45) is 9.23. The third kappa shape index (κ3) is 4.55. The smallest absolute Gasteiger partial charge is 0.420 e. The van der Waals surface area contributed by atoms with E-state index < -0.39 is 16.9 Å². The van der Waals surface area contributed by atoms with E-state index >= 15 is 0 Å². The van der Waals surface area contributed by atoms with Gasteiger partial charge in [0.15, 0.2) is 0 Å². The monoisotopic (exact) mass is 498 g/mol. The van der Waals surface area contributed by atoms with E-state index in [0.29, 0.717) is 22.5 Å². The Kier molecular flexibility index (Phi) is 5.88. The summed E-state index contributed by atoms with van der Waals surface area (Å²) in [5.74, 6) is -0.622. The van der Waals surface area contributed by atoms with Crippen LogP contribution in [-0.2, 0) is 10.2 Å². The molecule has 0 radical (unpaired) electrons. The minimum absolute atomic E-state index is 0.0467. The van der Waals surface area contributed by atoms with Crippen LogP contribution in [0.2, 0.25) is 0 Å². The molecule has 0 saturated heterocycles. The summed E-state index contributed by atoms with van der Waals surface area (Å²) in [5, 5.41) is 5.74. The van der Waals surface area contributed by atoms with Gasteiger partial charge in [0.25, 0.3) is 5.91 Å². The van der Waals surface area contributed by atoms with Gasteiger partial charge in [-0.2, -0.15) is 0 Å². The molecule has 2 amide bonds. The van der Waals surface area contributed by atoms with Crippen LogP contribution in [0.3, 0.4) is 0 Å². The SMILES string of the molecule is O=C(Nc1ccc(OC(F)(F)Cl)cc1)c1cc2c(c(-c3cncnc3)c1)C1(CCCCC1)C(=O)N2. The van der Waals surface area contributed by atoms with Crippen molar-refractivity contribution in [2.45, 2.75) is 43.1 Å². The largest absolute Gasteiger partial charge is 0.487 e. The maximum Gasteiger partial charge on any atom is 0.487 e. The molecule has 0 unspecified atom stereocenters. The van der Waals surface area contributed by atoms with Gasteiger partial charge >= 0.3 is 5.57 Å². The second-order valence-electron chi connectivity index (χ2n) is 8.70. The molecule has 180 valence electrons. The Hall–Kier alpha value is -3.59. The van der Waals surface area contributed by atoms with Gasteiger partial charge in [0.2, 0.25) is 5.91 Å². The molecule has 1 aromatic heterocycles. The molecule has 2 aromatic carbocycles. The van der Waals surface area contributed by atoms with E-state index in [1.54, 1.807) is 24.5 Å². The number of ether oxygens (including phenoxy) is 1. The molecule has 1 aliphatic heterocycles. The van der Waals surface area contributed by atoms with Gasteiger partial charge in [-0.1, -0.05) is 19.3 Å². The Morgan fingerprint density at radius 2 is 1.77 bits per heavy atom. The van der Waals surface area contributed by atoms with E-state index in [1.165, 1.54) is 30.6 Å². The number of hydrogen-bond acceptors (Lipinski definition) is 5. The van der Waals surface area contributed by atoms with Gasteiger partial charge in [-0.3, -0.25) is 9.59 Å². The average molecular weight is 499 g/mol. The first kappa shape index (κ1) is 23.2. The number of amides is 2. The lowest BCUT2D eigenvalue weighted by atomic mass is 9.68. The van der Waals surface area contributed by atoms with Crippen LogP contribution >= 0.6 is 11.6 Å². The highest BCUT2D eigenvalue weighted by molar-refractivity contribution is 6.20. The van der Waals surface area contributed by atoms with E-state index in [0.717, 1.165) is 43.2 Å². The summed E-state index contributed by atoms with van der Waals surface area (Å²) in [4.78, 5) is 34.6. The van der Waals surface area contributed by atoms with E-state index in [-0.39, 0.29) is 11.7 Å². The number of alkyl halides is 3. The van der Waals surface area contributed by atoms with Gasteiger partial charge in [-0.25, -0.2) is 9.97 Å². The fraction of sp³-hybridized carbons (Fsp3) is 0.280. The second-order valence-corrected chi connectivity index (χ2v) is 9.14. The van der Waals surface area contributed by atoms with Crippen molar-refractivity contribution in [3.63, 3.8) is 0 Å². The highest BCUT2D eigenvalue weighted by Crippen LogP contribution is 2.51. The Morgan fingerprint density at radius 3 is 2.43 bits per heavy atom. The molecule has 7 nitrogen and oxygen atoms in total. The number of fused-ring (bicyclic) bond motifs is 2. The van der Waals surface area contributed by atoms with Gasteiger partial charge in [0.1, 0.15) is 12.1 Å². The average Bonchev–Trinajstić information content (AvgIpc) is 3.10. The Balaban J connectivity index is 1.50. The number of hydrogen-bond donors (Lipinski definition) is 2. The predicted octanol–water partition coefficient (Wildman–Crippen LogP) is 5.72. The quantitative estimate of drug-likeness (QED) is 0.439. The molecule has 35 heavy (non-hydrogen) atoms. The number of nitrogens with one attached hydrogen (secondary N) is 2. The van der Waals surface area contributed by atoms with Crippen molar-refractivity contribution in [3.8, 4) is 16.9 Å². The first-order valence-corrected chi connectivity index (χ1v) is 11.6. The Labute approximate surface area is 204 Å². The van der Waals surface area contributed by atoms with Crippen LogP contribution in [0.1, 0.15) is 48.0 Å². The summed E-state index contributed by atoms with van der Waals surface area (Å²) in [6, 6.07) is 8.81. The van der Waals surface area contributed by atoms with Crippen molar-refractivity contribution in [2.75, 3.05) is 10.6 Å². The number of anilines is 2. The van der Waals surface area contributed by atoms with E-state index in [2.05, 4.69) is 25.3 Å². The highest BCUT2D eigenvalue weighted by atomic mass is 35.5. The van der Waals surface area contributed by atoms with Gasteiger partial charge in [0, 0.05) is 46.5 Å². The number of benzene rings is 2. The van der Waals surface area contributed by atoms with Gasteiger partial charge in [-0.05, 0) is 60.4 Å². The first-order valence-electron chi connectivity index (χ1n) is 11.2. The van der Waals surface area contributed by atoms with Crippen LogP contribution in [0.5, 0.6) is 5.75 Å². The normalized spacial score (nSPS) is 16.5. The minimum Gasteiger partial charge on any atom is -0.420 e. The number of carbonyl (C=O) groups excluding carboxylic acids is 2. The molecule has 2 N–H and O–H groups in total. The van der Waals surface area contributed by atoms with Crippen molar-refractivity contribution in [2.24, 2.45) is 0 Å². The molecular weight excluding hydrogens is 478 g/mol. The van der Waals surface area contributed by atoms with Crippen LogP contribution in [0.15, 0.2) is 55.1 Å². The lowest BCUT2D eigenvalue weighted by molar-refractivity contribution is -0.121. The fourth-order valence-corrected chi connectivity index (χ4v) is 5.07. The molecule has 3 aromatic rings. The van der Waals surface area contributed by atoms with E-state index in [4.69, 9.17) is 11.6 Å². The summed E-state index contributed by atoms with van der Waals surface area (Å²) in [5.41, 5.74) is -0.819. The number of halogens is 3. The zero-order valence-electron chi connectivity index (χ0n) is 18.5. The molecule has 1 spiro atoms. The van der Waals surface area contributed by atoms with Crippen LogP contribution in [0, 0.1) is 0 Å². The summed E-state index contributed by atoms with van der Waals surface area (Å²) in [6.45, 7) is 0. The summed E-state index contributed by atoms with van der Waals surface area (Å²) in [7, 11) is 0. The molecular formula is C25H21ClF2N4O3. The van der Waals surface area contributed by atoms with Crippen molar-refractivity contribution in [3.05, 3.63) is 66.2 Å². The number of aromatic nitrogens is 2. The molecule has 2 aliphatic rings. The predicted molar refractivity (Wildman–Crippen MR) is 127 cm³/mol. The zero-order chi connectivity index (χ0) is 24.6. The van der Waals surface area contributed by atoms with Gasteiger partial charge in [-0.15, -0.1) is 8.78 Å². The number of nitrogens with zero attached hydrogens (tertiary/aromatic N) is 2. The van der Waals surface area contributed by atoms with Crippen molar-refractivity contribution in [1.82, 2.24) is 9.97 Å². The van der Waals surface area contributed by atoms with E-state index in [9.17, 15) is 18.4 Å². The third-order valence-electron chi connectivity index (χ3n) is 6.49. The molecule has 0 bridgehead atoms. The van der Waals surface area contributed by atoms with Crippen LogP contribution in [0.4, 0.5) is 20.2 Å². The van der Waals surface area contributed by atoms with Crippen molar-refractivity contribution in [1.29, 1.82) is 0 Å². The first-order chi connectivity index (χ1) is 16.7. The molecule has 1 saturated carbocycles. The van der Waals surface area contributed by atoms with Crippen LogP contribution in [0.25, 0.3) is 11.1 Å². The highest BCUT2D eigenvalue weighted by Gasteiger charge is 2.49. The van der Waals surface area contributed by atoms with Crippen LogP contribution in [-0.4, -0.2) is 27.4 Å². The zero-order valence-corrected chi connectivity index (χ0v) is 19.2. The van der Waals surface area contributed by atoms with Crippen LogP contribution < -0.4 is 15.4 Å². The van der Waals surface area contributed by atoms with Gasteiger partial charge < -0.3 is 15.4 Å². The third-order valence-corrected chi connectivity index (χ3v) is 6.56. The summed E-state index contributed by atoms with van der Waals surface area (Å²) < 4.78 is 29.9. The molecule has 1 fully saturated rings. The lowest BCUT2D eigenvalue weighted by Gasteiger charge is -2.33. The minimum atomic E-state index is -3.83. The molecule has 1 aliphatic carbocycles. The standard InChI is InChI=1S/C25H21ClF2N4O3/c26-25(27,28)35-18-6-4-17(5-7-18)31-22(33)15-10-19(16-12-29-14-30-13-16)21-20(11-15)32-23(34)24(21)8-2-1-3-9-24/h4-7,10-14H,1-3,8-9H2,(H,31,33)(H,32,34). The maximum atomic E-state index is 13.2. The summed E-state index contributed by atoms with van der Waals surface area (Å²) >= 11 is 4.78. The van der Waals surface area contributed by atoms with Crippen molar-refractivity contribution >= 4 is 34.8 Å². The van der Waals surface area contributed by atoms with Gasteiger partial charge in [0.05, 0.1) is 5.41 Å². The lowest BCUT2D eigenvalue weighted by Crippen LogP contribution is -2.36. The Bertz CT molecular complexity index is 1270. The maximum absolute atomic E-state index is 13.2. The number of carbonyl (C=O) groups is 2. The topological polar surface area (TPSA) is 93.2 Å². The second kappa shape index (κ2) is 8.88. The number of rotatable bonds is 5. The van der Waals surface area contributed by atoms with E-state index in [1.807, 2.05) is 0 Å². The molecule has 5 rings (SSSR count). The van der Waals surface area contributed by atoms with Crippen molar-refractivity contribution < 1.29 is 23.1 Å².